The van der Waals surface area contributed by atoms with Crippen LogP contribution in [-0.4, -0.2) is 74.4 Å². The third-order valence-corrected chi connectivity index (χ3v) is 5.34. The summed E-state index contributed by atoms with van der Waals surface area (Å²) in [6, 6.07) is 0. The first-order chi connectivity index (χ1) is 7.12. The Morgan fingerprint density at radius 1 is 1.06 bits per heavy atom. The van der Waals surface area contributed by atoms with Crippen molar-refractivity contribution >= 4 is 19.9 Å². The second kappa shape index (κ2) is 4.57. The second-order valence-electron chi connectivity index (χ2n) is 3.90. The van der Waals surface area contributed by atoms with Crippen LogP contribution in [0, 0.1) is 0 Å². The molecule has 1 saturated heterocycles. The van der Waals surface area contributed by atoms with Crippen molar-refractivity contribution in [3.63, 3.8) is 0 Å². The van der Waals surface area contributed by atoms with Crippen molar-refractivity contribution in [1.29, 1.82) is 0 Å². The van der Waals surface area contributed by atoms with Crippen molar-refractivity contribution in [3.8, 4) is 0 Å². The number of hydrogen-bond acceptors (Lipinski definition) is 6. The molecule has 0 spiro atoms. The van der Waals surface area contributed by atoms with E-state index in [1.807, 2.05) is 0 Å². The fraction of sp³-hybridized carbons (Fsp3) is 1.00. The highest BCUT2D eigenvalue weighted by Crippen LogP contribution is 2.14. The summed E-state index contributed by atoms with van der Waals surface area (Å²) < 4.78 is 45.8. The fourth-order valence-corrected chi connectivity index (χ4v) is 4.42. The van der Waals surface area contributed by atoms with Crippen LogP contribution in [0.25, 0.3) is 0 Å². The molecule has 0 aromatic carbocycles. The Morgan fingerprint density at radius 2 is 1.50 bits per heavy atom. The molecule has 1 rings (SSSR count). The van der Waals surface area contributed by atoms with Gasteiger partial charge in [-0.2, -0.15) is 4.31 Å². The number of aliphatic hydroxyl groups is 2. The number of sulfonamides is 1. The number of nitrogens with zero attached hydrogens (tertiary/aromatic N) is 1. The lowest BCUT2D eigenvalue weighted by Crippen LogP contribution is -2.34. The van der Waals surface area contributed by atoms with Crippen LogP contribution in [0.4, 0.5) is 0 Å². The quantitative estimate of drug-likeness (QED) is 0.581. The molecule has 7 nitrogen and oxygen atoms in total. The van der Waals surface area contributed by atoms with E-state index >= 15 is 0 Å². The number of sulfone groups is 1. The molecule has 0 amide bonds. The molecule has 0 unspecified atom stereocenters. The van der Waals surface area contributed by atoms with E-state index in [1.54, 1.807) is 0 Å². The highest BCUT2D eigenvalue weighted by atomic mass is 32.2. The molecule has 1 fully saturated rings. The minimum absolute atomic E-state index is 0.187. The summed E-state index contributed by atoms with van der Waals surface area (Å²) in [5.41, 5.74) is 0. The van der Waals surface area contributed by atoms with Gasteiger partial charge in [-0.15, -0.1) is 0 Å². The maximum atomic E-state index is 11.6. The third-order valence-electron chi connectivity index (χ3n) is 2.33. The SMILES string of the molecule is CS(=O)(=O)CCS(=O)(=O)N1C[C@@H](O)[C@@H](O)C1. The van der Waals surface area contributed by atoms with Crippen LogP contribution < -0.4 is 0 Å². The van der Waals surface area contributed by atoms with Gasteiger partial charge in [0.25, 0.3) is 0 Å². The highest BCUT2D eigenvalue weighted by molar-refractivity contribution is 7.93. The maximum absolute atomic E-state index is 11.6. The van der Waals surface area contributed by atoms with Crippen LogP contribution in [0.2, 0.25) is 0 Å². The number of β-amino-alcohol motifs (C(OH)–C–C–N with tert-alkyl or cyclic N) is 2. The fourth-order valence-electron chi connectivity index (χ4n) is 1.35. The van der Waals surface area contributed by atoms with E-state index in [1.165, 1.54) is 0 Å². The van der Waals surface area contributed by atoms with Crippen LogP contribution in [0.5, 0.6) is 0 Å². The molecule has 1 heterocycles. The number of rotatable bonds is 4. The largest absolute Gasteiger partial charge is 0.389 e. The Kier molecular flexibility index (Phi) is 3.95. The Hall–Kier alpha value is -0.220. The van der Waals surface area contributed by atoms with E-state index in [0.717, 1.165) is 10.6 Å². The molecule has 1 aliphatic rings. The van der Waals surface area contributed by atoms with E-state index in [2.05, 4.69) is 0 Å². The van der Waals surface area contributed by atoms with E-state index < -0.39 is 43.6 Å². The van der Waals surface area contributed by atoms with E-state index in [9.17, 15) is 27.0 Å². The van der Waals surface area contributed by atoms with Gasteiger partial charge in [-0.25, -0.2) is 16.8 Å². The van der Waals surface area contributed by atoms with E-state index in [-0.39, 0.29) is 13.1 Å². The molecule has 1 aliphatic heterocycles. The summed E-state index contributed by atoms with van der Waals surface area (Å²) in [5, 5.41) is 18.4. The van der Waals surface area contributed by atoms with Gasteiger partial charge in [-0.05, 0) is 0 Å². The summed E-state index contributed by atoms with van der Waals surface area (Å²) in [6.07, 6.45) is -1.25. The molecule has 0 aromatic rings. The summed E-state index contributed by atoms with van der Waals surface area (Å²) in [4.78, 5) is 0. The minimum Gasteiger partial charge on any atom is -0.389 e. The highest BCUT2D eigenvalue weighted by Gasteiger charge is 2.36. The molecular weight excluding hydrogens is 258 g/mol. The van der Waals surface area contributed by atoms with Gasteiger partial charge < -0.3 is 10.2 Å². The van der Waals surface area contributed by atoms with Crippen molar-refractivity contribution in [2.75, 3.05) is 30.9 Å². The molecule has 0 aliphatic carbocycles. The Bertz CT molecular complexity index is 431. The second-order valence-corrected chi connectivity index (χ2v) is 8.25. The Labute approximate surface area is 94.7 Å². The van der Waals surface area contributed by atoms with Crippen molar-refractivity contribution in [2.45, 2.75) is 12.2 Å². The van der Waals surface area contributed by atoms with Gasteiger partial charge in [0.2, 0.25) is 10.0 Å². The van der Waals surface area contributed by atoms with Crippen LogP contribution >= 0.6 is 0 Å². The summed E-state index contributed by atoms with van der Waals surface area (Å²) >= 11 is 0. The number of hydrogen-bond donors (Lipinski definition) is 2. The molecule has 96 valence electrons. The Balaban J connectivity index is 2.66. The molecule has 0 saturated carbocycles. The van der Waals surface area contributed by atoms with Crippen LogP contribution in [-0.2, 0) is 19.9 Å². The predicted molar refractivity (Wildman–Crippen MR) is 57.1 cm³/mol. The normalized spacial score (nSPS) is 28.4. The van der Waals surface area contributed by atoms with Crippen molar-refractivity contribution < 1.29 is 27.0 Å². The zero-order valence-electron chi connectivity index (χ0n) is 8.77. The molecule has 2 atom stereocenters. The molecule has 16 heavy (non-hydrogen) atoms. The van der Waals surface area contributed by atoms with E-state index in [4.69, 9.17) is 0 Å². The smallest absolute Gasteiger partial charge is 0.215 e. The molecular formula is C7H15NO6S2. The first-order valence-corrected chi connectivity index (χ1v) is 8.30. The summed E-state index contributed by atoms with van der Waals surface area (Å²) in [7, 11) is -7.07. The molecule has 0 bridgehead atoms. The molecule has 9 heteroatoms. The monoisotopic (exact) mass is 273 g/mol. The zero-order chi connectivity index (χ0) is 12.6. The lowest BCUT2D eigenvalue weighted by molar-refractivity contribution is 0.0572. The zero-order valence-corrected chi connectivity index (χ0v) is 10.4. The van der Waals surface area contributed by atoms with Crippen LogP contribution in [0.15, 0.2) is 0 Å². The molecule has 0 radical (unpaired) electrons. The van der Waals surface area contributed by atoms with Gasteiger partial charge in [0.1, 0.15) is 9.84 Å². The van der Waals surface area contributed by atoms with Crippen LogP contribution in [0.3, 0.4) is 0 Å². The maximum Gasteiger partial charge on any atom is 0.215 e. The molecule has 2 N–H and O–H groups in total. The Morgan fingerprint density at radius 3 is 1.88 bits per heavy atom. The van der Waals surface area contributed by atoms with Gasteiger partial charge in [-0.1, -0.05) is 0 Å². The van der Waals surface area contributed by atoms with Crippen molar-refractivity contribution in [2.24, 2.45) is 0 Å². The lowest BCUT2D eigenvalue weighted by Gasteiger charge is -2.14. The minimum atomic E-state index is -3.72. The number of aliphatic hydroxyl groups excluding tert-OH is 2. The van der Waals surface area contributed by atoms with Gasteiger partial charge in [0, 0.05) is 19.3 Å². The predicted octanol–water partition coefficient (Wildman–Crippen LogP) is -2.60. The first-order valence-electron chi connectivity index (χ1n) is 4.63. The van der Waals surface area contributed by atoms with Gasteiger partial charge in [-0.3, -0.25) is 0 Å². The van der Waals surface area contributed by atoms with Crippen LogP contribution in [0.1, 0.15) is 0 Å². The van der Waals surface area contributed by atoms with Crippen molar-refractivity contribution in [1.82, 2.24) is 4.31 Å². The lowest BCUT2D eigenvalue weighted by atomic mass is 10.3. The summed E-state index contributed by atoms with van der Waals surface area (Å²) in [5.74, 6) is -0.983. The summed E-state index contributed by atoms with van der Waals surface area (Å²) in [6.45, 7) is -0.374. The first kappa shape index (κ1) is 13.8. The van der Waals surface area contributed by atoms with Gasteiger partial charge >= 0.3 is 0 Å². The molecule has 0 aromatic heterocycles. The topological polar surface area (TPSA) is 112 Å². The van der Waals surface area contributed by atoms with E-state index in [0.29, 0.717) is 0 Å². The third kappa shape index (κ3) is 3.67. The van der Waals surface area contributed by atoms with Gasteiger partial charge in [0.05, 0.1) is 23.7 Å². The van der Waals surface area contributed by atoms with Gasteiger partial charge in [0.15, 0.2) is 0 Å². The van der Waals surface area contributed by atoms with Crippen molar-refractivity contribution in [3.05, 3.63) is 0 Å². The average Bonchev–Trinajstić information content (AvgIpc) is 2.44. The average molecular weight is 273 g/mol. The standard InChI is InChI=1S/C7H15NO6S2/c1-15(11,12)2-3-16(13,14)8-4-6(9)7(10)5-8/h6-7,9-10H,2-5H2,1H3/t6-,7+.